The third kappa shape index (κ3) is 10.7. The molecule has 2 saturated heterocycles. The van der Waals surface area contributed by atoms with E-state index in [1.165, 1.54) is 16.3 Å². The highest BCUT2D eigenvalue weighted by atomic mass is 32.1. The lowest BCUT2D eigenvalue weighted by Gasteiger charge is -2.36. The predicted molar refractivity (Wildman–Crippen MR) is 250 cm³/mol. The molecule has 0 spiro atoms. The first kappa shape index (κ1) is 47.4. The number of esters is 1. The number of piperazine rings is 1. The molecule has 4 atom stereocenters. The van der Waals surface area contributed by atoms with Crippen molar-refractivity contribution >= 4 is 45.9 Å². The fraction of sp³-hybridized carbons (Fsp3) is 0.604. The largest absolute Gasteiger partial charge is 0.464 e. The molecular weight excluding hydrogens is 833 g/mol. The Kier molecular flexibility index (Phi) is 14.4. The normalized spacial score (nSPS) is 21.8. The highest BCUT2D eigenvalue weighted by Crippen LogP contribution is 2.43. The summed E-state index contributed by atoms with van der Waals surface area (Å²) in [5, 5.41) is 8.03. The van der Waals surface area contributed by atoms with E-state index < -0.39 is 41.1 Å². The van der Waals surface area contributed by atoms with Crippen molar-refractivity contribution in [3.63, 3.8) is 0 Å². The number of thiazole rings is 1. The first-order chi connectivity index (χ1) is 30.3. The third-order valence-corrected chi connectivity index (χ3v) is 13.4. The smallest absolute Gasteiger partial charge is 0.408 e. The number of benzene rings is 1. The van der Waals surface area contributed by atoms with E-state index in [1.54, 1.807) is 27.9 Å². The van der Waals surface area contributed by atoms with Crippen molar-refractivity contribution in [3.8, 4) is 22.5 Å². The van der Waals surface area contributed by atoms with E-state index in [0.29, 0.717) is 44.0 Å². The highest BCUT2D eigenvalue weighted by molar-refractivity contribution is 7.10. The van der Waals surface area contributed by atoms with E-state index in [4.69, 9.17) is 28.9 Å². The number of nitrogens with one attached hydrogen (secondary N) is 2. The lowest BCUT2D eigenvalue weighted by molar-refractivity contribution is -0.155. The summed E-state index contributed by atoms with van der Waals surface area (Å²) >= 11 is 1.44. The molecule has 2 amide bonds. The van der Waals surface area contributed by atoms with Crippen LogP contribution >= 0.6 is 11.3 Å². The summed E-state index contributed by atoms with van der Waals surface area (Å²) in [6.07, 6.45) is 2.65. The number of rotatable bonds is 9. The quantitative estimate of drug-likeness (QED) is 0.162. The van der Waals surface area contributed by atoms with E-state index in [1.807, 2.05) is 39.3 Å². The predicted octanol–water partition coefficient (Wildman–Crippen LogP) is 7.33. The Balaban J connectivity index is 1.42. The number of likely N-dealkylation sites (N-methyl/N-ethyl adjacent to an activating group) is 1. The van der Waals surface area contributed by atoms with Crippen molar-refractivity contribution < 1.29 is 33.3 Å². The Hall–Kier alpha value is -4.61. The van der Waals surface area contributed by atoms with Gasteiger partial charge in [0.2, 0.25) is 0 Å². The number of fused-ring (bicyclic) bond motifs is 6. The molecule has 64 heavy (non-hydrogen) atoms. The van der Waals surface area contributed by atoms with Crippen LogP contribution < -0.4 is 15.6 Å². The van der Waals surface area contributed by atoms with Gasteiger partial charge in [-0.25, -0.2) is 15.2 Å². The van der Waals surface area contributed by atoms with E-state index in [9.17, 15) is 14.4 Å². The summed E-state index contributed by atoms with van der Waals surface area (Å²) in [7, 11) is 3.88. The number of amides is 2. The number of alkyl carbamates (subject to hydrolysis) is 1. The van der Waals surface area contributed by atoms with Crippen LogP contribution in [0.15, 0.2) is 35.8 Å². The summed E-state index contributed by atoms with van der Waals surface area (Å²) in [5.74, 6) is -1.36. The van der Waals surface area contributed by atoms with Crippen molar-refractivity contribution in [3.05, 3.63) is 52.1 Å². The Labute approximate surface area is 382 Å². The molecule has 3 aromatic heterocycles. The summed E-state index contributed by atoms with van der Waals surface area (Å²) < 4.78 is 26.4. The number of cyclic esters (lactones) is 1. The van der Waals surface area contributed by atoms with Gasteiger partial charge in [0, 0.05) is 85.1 Å². The molecule has 2 fully saturated rings. The minimum absolute atomic E-state index is 0.0496. The molecule has 3 aliphatic rings. The standard InChI is InChI=1S/C48H68N8O7S/c1-29(2)61-22-21-55-39-15-14-32-23-34(39)36(42(55)35-24-33(26-49-41(35)31(4)60-11)54-19-17-53(10)18-20-54)25-48(8,9)28-62-45(58)37-13-12-16-56(52-37)44(57)40(51-46(59)63-47(5,6)7)30(3)43-50-38(32)27-64-43/h14-15,23-24,26-27,29-31,37,40,52H,12-13,16-22,25,28H2,1-11H3,(H,51,59)/t30-,31-,37-,40-/m0/s1. The number of hydrogen-bond donors (Lipinski definition) is 2. The number of methoxy groups -OCH3 is 1. The lowest BCUT2D eigenvalue weighted by Crippen LogP contribution is -2.61. The third-order valence-electron chi connectivity index (χ3n) is 12.3. The molecule has 6 heterocycles. The molecular formula is C48H68N8O7S. The average molecular weight is 901 g/mol. The van der Waals surface area contributed by atoms with Crippen LogP contribution in [-0.2, 0) is 41.5 Å². The molecule has 0 saturated carbocycles. The van der Waals surface area contributed by atoms with Crippen LogP contribution in [0.25, 0.3) is 33.4 Å². The summed E-state index contributed by atoms with van der Waals surface area (Å²) in [4.78, 5) is 56.7. The van der Waals surface area contributed by atoms with Crippen LogP contribution in [0.3, 0.4) is 0 Å². The van der Waals surface area contributed by atoms with Crippen LogP contribution in [0.1, 0.15) is 103 Å². The van der Waals surface area contributed by atoms with Gasteiger partial charge in [-0.3, -0.25) is 19.6 Å². The molecule has 4 aromatic rings. The molecule has 0 radical (unpaired) electrons. The zero-order chi connectivity index (χ0) is 46.1. The van der Waals surface area contributed by atoms with Crippen LogP contribution in [0.4, 0.5) is 10.5 Å². The number of ether oxygens (including phenoxy) is 4. The number of hydrogen-bond acceptors (Lipinski definition) is 13. The number of aromatic nitrogens is 3. The van der Waals surface area contributed by atoms with Crippen LogP contribution in [0.5, 0.6) is 0 Å². The van der Waals surface area contributed by atoms with Crippen LogP contribution in [0, 0.1) is 5.41 Å². The summed E-state index contributed by atoms with van der Waals surface area (Å²) in [6, 6.07) is 6.97. The van der Waals surface area contributed by atoms with Crippen molar-refractivity contribution in [1.29, 1.82) is 0 Å². The first-order valence-electron chi connectivity index (χ1n) is 22.7. The van der Waals surface area contributed by atoms with E-state index >= 15 is 0 Å². The molecule has 0 unspecified atom stereocenters. The van der Waals surface area contributed by atoms with Gasteiger partial charge < -0.3 is 38.6 Å². The second-order valence-corrected chi connectivity index (χ2v) is 20.6. The van der Waals surface area contributed by atoms with Gasteiger partial charge in [0.05, 0.1) is 59.4 Å². The van der Waals surface area contributed by atoms with Crippen LogP contribution in [0.2, 0.25) is 0 Å². The van der Waals surface area contributed by atoms with Crippen molar-refractivity contribution in [2.45, 2.75) is 124 Å². The number of hydrazine groups is 1. The molecule has 1 aromatic carbocycles. The second-order valence-electron chi connectivity index (χ2n) is 19.7. The van der Waals surface area contributed by atoms with E-state index in [2.05, 4.69) is 70.3 Å². The molecule has 7 rings (SSSR count). The minimum Gasteiger partial charge on any atom is -0.464 e. The topological polar surface area (TPSA) is 153 Å². The highest BCUT2D eigenvalue weighted by Gasteiger charge is 2.39. The second kappa shape index (κ2) is 19.5. The van der Waals surface area contributed by atoms with Gasteiger partial charge in [-0.15, -0.1) is 11.3 Å². The van der Waals surface area contributed by atoms with E-state index in [-0.39, 0.29) is 24.7 Å². The Bertz CT molecular complexity index is 2310. The van der Waals surface area contributed by atoms with Crippen molar-refractivity contribution in [2.24, 2.45) is 5.41 Å². The molecule has 348 valence electrons. The molecule has 3 aliphatic heterocycles. The van der Waals surface area contributed by atoms with Gasteiger partial charge in [-0.05, 0) is 91.6 Å². The SMILES string of the molecule is CO[C@@H](C)c1ncc(N2CCN(C)CC2)cc1-c1c2c3cc(ccc3n1CCOC(C)C)-c1csc(n1)[C@@H](C)[C@H](NC(=O)OC(C)(C)C)C(=O)N1CCC[C@H](N1)C(=O)OCC(C)(C)C2. The van der Waals surface area contributed by atoms with Crippen molar-refractivity contribution in [1.82, 2.24) is 35.2 Å². The Morgan fingerprint density at radius 2 is 1.84 bits per heavy atom. The molecule has 0 aliphatic carbocycles. The number of carbonyl (C=O) groups is 3. The first-order valence-corrected chi connectivity index (χ1v) is 23.6. The zero-order valence-electron chi connectivity index (χ0n) is 39.6. The summed E-state index contributed by atoms with van der Waals surface area (Å²) in [5.41, 5.74) is 9.56. The molecule has 15 nitrogen and oxygen atoms in total. The minimum atomic E-state index is -1.04. The number of anilines is 1. The maximum atomic E-state index is 14.4. The molecule has 2 N–H and O–H groups in total. The van der Waals surface area contributed by atoms with Gasteiger partial charge in [-0.1, -0.05) is 26.8 Å². The number of pyridine rings is 1. The van der Waals surface area contributed by atoms with Gasteiger partial charge in [-0.2, -0.15) is 0 Å². The van der Waals surface area contributed by atoms with Gasteiger partial charge in [0.15, 0.2) is 0 Å². The zero-order valence-corrected chi connectivity index (χ0v) is 40.4. The van der Waals surface area contributed by atoms with E-state index in [0.717, 1.165) is 76.5 Å². The monoisotopic (exact) mass is 900 g/mol. The lowest BCUT2D eigenvalue weighted by atomic mass is 9.84. The van der Waals surface area contributed by atoms with Gasteiger partial charge in [0.25, 0.3) is 5.91 Å². The van der Waals surface area contributed by atoms with Gasteiger partial charge in [0.1, 0.15) is 17.7 Å². The maximum Gasteiger partial charge on any atom is 0.408 e. The Morgan fingerprint density at radius 3 is 2.55 bits per heavy atom. The maximum absolute atomic E-state index is 14.4. The number of nitrogens with zero attached hydrogens (tertiary/aromatic N) is 6. The molecule has 16 heteroatoms. The average Bonchev–Trinajstić information content (AvgIpc) is 3.86. The fourth-order valence-corrected chi connectivity index (χ4v) is 9.72. The Morgan fingerprint density at radius 1 is 1.09 bits per heavy atom. The molecule has 6 bridgehead atoms. The van der Waals surface area contributed by atoms with Gasteiger partial charge >= 0.3 is 12.1 Å². The van der Waals surface area contributed by atoms with Crippen LogP contribution in [-0.4, -0.2) is 126 Å². The number of carbonyl (C=O) groups excluding carboxylic acids is 3. The summed E-state index contributed by atoms with van der Waals surface area (Å²) in [6.45, 7) is 22.9. The van der Waals surface area contributed by atoms with Crippen molar-refractivity contribution in [2.75, 3.05) is 65.0 Å². The fourth-order valence-electron chi connectivity index (χ4n) is 8.80.